The van der Waals surface area contributed by atoms with Gasteiger partial charge in [0.25, 0.3) is 0 Å². The number of para-hydroxylation sites is 1. The maximum Gasteiger partial charge on any atom is 0.129 e. The van der Waals surface area contributed by atoms with Gasteiger partial charge in [0, 0.05) is 34.7 Å². The van der Waals surface area contributed by atoms with Gasteiger partial charge in [-0.3, -0.25) is 5.10 Å². The lowest BCUT2D eigenvalue weighted by Crippen LogP contribution is -2.36. The van der Waals surface area contributed by atoms with Crippen LogP contribution >= 0.6 is 15.9 Å². The van der Waals surface area contributed by atoms with Crippen molar-refractivity contribution in [3.8, 4) is 11.3 Å². The van der Waals surface area contributed by atoms with E-state index in [-0.39, 0.29) is 0 Å². The van der Waals surface area contributed by atoms with Crippen molar-refractivity contribution in [1.82, 2.24) is 15.2 Å². The molecule has 3 heterocycles. The lowest BCUT2D eigenvalue weighted by Gasteiger charge is -2.27. The lowest BCUT2D eigenvalue weighted by molar-refractivity contribution is 0.122. The van der Waals surface area contributed by atoms with E-state index in [1.807, 2.05) is 24.4 Å². The highest BCUT2D eigenvalue weighted by atomic mass is 79.9. The van der Waals surface area contributed by atoms with Gasteiger partial charge < -0.3 is 9.64 Å². The molecule has 0 radical (unpaired) electrons. The van der Waals surface area contributed by atoms with E-state index in [2.05, 4.69) is 48.1 Å². The molecule has 0 saturated carbocycles. The summed E-state index contributed by atoms with van der Waals surface area (Å²) in [4.78, 5) is 6.75. The molecule has 1 saturated heterocycles. The van der Waals surface area contributed by atoms with E-state index in [0.29, 0.717) is 0 Å². The maximum absolute atomic E-state index is 5.40. The van der Waals surface area contributed by atoms with Crippen LogP contribution in [0, 0.1) is 0 Å². The van der Waals surface area contributed by atoms with Crippen molar-refractivity contribution in [2.24, 2.45) is 0 Å². The molecular formula is C16H15BrN4O. The second-order valence-corrected chi connectivity index (χ2v) is 6.09. The summed E-state index contributed by atoms with van der Waals surface area (Å²) in [6.07, 6.45) is 1.85. The SMILES string of the molecule is Brc1cccc2c(-c3ccnc(N4CCOCC4)c3)[nH]nc12. The number of pyridine rings is 1. The van der Waals surface area contributed by atoms with Crippen molar-refractivity contribution in [2.45, 2.75) is 0 Å². The third kappa shape index (κ3) is 2.38. The minimum absolute atomic E-state index is 0.756. The first-order valence-corrected chi connectivity index (χ1v) is 8.04. The topological polar surface area (TPSA) is 54.0 Å². The fraction of sp³-hybridized carbons (Fsp3) is 0.250. The number of nitrogens with zero attached hydrogens (tertiary/aromatic N) is 3. The summed E-state index contributed by atoms with van der Waals surface area (Å²) in [5.41, 5.74) is 3.06. The zero-order chi connectivity index (χ0) is 14.9. The number of benzene rings is 1. The predicted molar refractivity (Wildman–Crippen MR) is 90.1 cm³/mol. The Balaban J connectivity index is 1.77. The quantitative estimate of drug-likeness (QED) is 0.763. The van der Waals surface area contributed by atoms with Crippen LogP contribution in [0.2, 0.25) is 0 Å². The second-order valence-electron chi connectivity index (χ2n) is 5.24. The summed E-state index contributed by atoms with van der Waals surface area (Å²) in [6.45, 7) is 3.27. The molecule has 1 fully saturated rings. The molecule has 0 aliphatic carbocycles. The van der Waals surface area contributed by atoms with Gasteiger partial charge in [0.05, 0.1) is 18.9 Å². The molecule has 5 nitrogen and oxygen atoms in total. The molecular weight excluding hydrogens is 344 g/mol. The van der Waals surface area contributed by atoms with Gasteiger partial charge in [0.1, 0.15) is 11.3 Å². The minimum Gasteiger partial charge on any atom is -0.378 e. The van der Waals surface area contributed by atoms with Crippen LogP contribution in [-0.4, -0.2) is 41.5 Å². The molecule has 6 heteroatoms. The summed E-state index contributed by atoms with van der Waals surface area (Å²) in [7, 11) is 0. The molecule has 0 amide bonds. The van der Waals surface area contributed by atoms with Gasteiger partial charge in [0.2, 0.25) is 0 Å². The summed E-state index contributed by atoms with van der Waals surface area (Å²) in [5.74, 6) is 0.985. The molecule has 4 rings (SSSR count). The number of rotatable bonds is 2. The molecule has 0 unspecified atom stereocenters. The molecule has 2 aromatic heterocycles. The predicted octanol–water partition coefficient (Wildman–Crippen LogP) is 3.22. The van der Waals surface area contributed by atoms with Gasteiger partial charge in [-0.1, -0.05) is 12.1 Å². The van der Waals surface area contributed by atoms with E-state index < -0.39 is 0 Å². The number of halogens is 1. The van der Waals surface area contributed by atoms with Crippen LogP contribution in [-0.2, 0) is 4.74 Å². The van der Waals surface area contributed by atoms with Gasteiger partial charge in [-0.25, -0.2) is 4.98 Å². The smallest absolute Gasteiger partial charge is 0.129 e. The number of hydrogen-bond donors (Lipinski definition) is 1. The van der Waals surface area contributed by atoms with Crippen LogP contribution in [0.1, 0.15) is 0 Å². The summed E-state index contributed by atoms with van der Waals surface area (Å²) >= 11 is 3.54. The summed E-state index contributed by atoms with van der Waals surface area (Å²) in [5, 5.41) is 8.67. The number of ether oxygens (including phenoxy) is 1. The number of hydrogen-bond acceptors (Lipinski definition) is 4. The van der Waals surface area contributed by atoms with Crippen molar-refractivity contribution in [3.63, 3.8) is 0 Å². The van der Waals surface area contributed by atoms with E-state index in [4.69, 9.17) is 4.74 Å². The number of H-pyrrole nitrogens is 1. The first-order chi connectivity index (χ1) is 10.8. The fourth-order valence-electron chi connectivity index (χ4n) is 2.76. The molecule has 1 N–H and O–H groups in total. The molecule has 0 bridgehead atoms. The minimum atomic E-state index is 0.756. The van der Waals surface area contributed by atoms with Crippen molar-refractivity contribution in [3.05, 3.63) is 41.0 Å². The van der Waals surface area contributed by atoms with E-state index in [1.54, 1.807) is 0 Å². The standard InChI is InChI=1S/C16H15BrN4O/c17-13-3-1-2-12-15(19-20-16(12)13)11-4-5-18-14(10-11)21-6-8-22-9-7-21/h1-5,10H,6-9H2,(H,19,20). The van der Waals surface area contributed by atoms with Crippen LogP contribution in [0.15, 0.2) is 41.0 Å². The van der Waals surface area contributed by atoms with Crippen molar-refractivity contribution >= 4 is 32.7 Å². The normalized spacial score (nSPS) is 15.4. The van der Waals surface area contributed by atoms with E-state index in [0.717, 1.165) is 58.8 Å². The Morgan fingerprint density at radius 2 is 2.05 bits per heavy atom. The number of fused-ring (bicyclic) bond motifs is 1. The second kappa shape index (κ2) is 5.70. The third-order valence-corrected chi connectivity index (χ3v) is 4.54. The fourth-order valence-corrected chi connectivity index (χ4v) is 3.22. The van der Waals surface area contributed by atoms with Crippen LogP contribution in [0.5, 0.6) is 0 Å². The van der Waals surface area contributed by atoms with Gasteiger partial charge in [-0.2, -0.15) is 5.10 Å². The van der Waals surface area contributed by atoms with E-state index in [9.17, 15) is 0 Å². The van der Waals surface area contributed by atoms with Crippen molar-refractivity contribution < 1.29 is 4.74 Å². The lowest BCUT2D eigenvalue weighted by atomic mass is 10.1. The molecule has 0 atom stereocenters. The Kier molecular flexibility index (Phi) is 3.56. The monoisotopic (exact) mass is 358 g/mol. The van der Waals surface area contributed by atoms with E-state index >= 15 is 0 Å². The molecule has 1 aliphatic rings. The molecule has 3 aromatic rings. The number of aromatic nitrogens is 3. The highest BCUT2D eigenvalue weighted by molar-refractivity contribution is 9.10. The number of anilines is 1. The zero-order valence-electron chi connectivity index (χ0n) is 11.9. The average Bonchev–Trinajstić information content (AvgIpc) is 3.01. The van der Waals surface area contributed by atoms with Crippen molar-refractivity contribution in [2.75, 3.05) is 31.2 Å². The van der Waals surface area contributed by atoms with Crippen molar-refractivity contribution in [1.29, 1.82) is 0 Å². The van der Waals surface area contributed by atoms with Crippen LogP contribution in [0.4, 0.5) is 5.82 Å². The summed E-state index contributed by atoms with van der Waals surface area (Å²) in [6, 6.07) is 10.2. The Hall–Kier alpha value is -1.92. The first-order valence-electron chi connectivity index (χ1n) is 7.24. The molecule has 0 spiro atoms. The Bertz CT molecular complexity index is 811. The van der Waals surface area contributed by atoms with Gasteiger partial charge in [0.15, 0.2) is 0 Å². The highest BCUT2D eigenvalue weighted by Crippen LogP contribution is 2.31. The highest BCUT2D eigenvalue weighted by Gasteiger charge is 2.15. The van der Waals surface area contributed by atoms with Gasteiger partial charge in [-0.05, 0) is 34.1 Å². The van der Waals surface area contributed by atoms with Gasteiger partial charge >= 0.3 is 0 Å². The largest absolute Gasteiger partial charge is 0.378 e. The maximum atomic E-state index is 5.40. The van der Waals surface area contributed by atoms with E-state index in [1.165, 1.54) is 0 Å². The molecule has 1 aromatic carbocycles. The Morgan fingerprint density at radius 1 is 1.18 bits per heavy atom. The number of morpholine rings is 1. The molecule has 112 valence electrons. The molecule has 22 heavy (non-hydrogen) atoms. The average molecular weight is 359 g/mol. The zero-order valence-corrected chi connectivity index (χ0v) is 13.5. The van der Waals surface area contributed by atoms with Crippen LogP contribution in [0.3, 0.4) is 0 Å². The Morgan fingerprint density at radius 3 is 2.91 bits per heavy atom. The number of aromatic amines is 1. The first kappa shape index (κ1) is 13.7. The summed E-state index contributed by atoms with van der Waals surface area (Å²) < 4.78 is 6.40. The van der Waals surface area contributed by atoms with Crippen LogP contribution < -0.4 is 4.90 Å². The molecule has 1 aliphatic heterocycles. The number of nitrogens with one attached hydrogen (secondary N) is 1. The van der Waals surface area contributed by atoms with Gasteiger partial charge in [-0.15, -0.1) is 0 Å². The Labute approximate surface area is 136 Å². The third-order valence-electron chi connectivity index (χ3n) is 3.90. The van der Waals surface area contributed by atoms with Crippen LogP contribution in [0.25, 0.3) is 22.2 Å².